The SMILES string of the molecule is CCN(Cc1ccc(-c2ccc(C(C)(C)C)cc2)s1)C(=O)c1ccc(NS(=O)(=O)c2cc(C(C)(C)C)cc(C)c2C)cc1. The lowest BCUT2D eigenvalue weighted by Gasteiger charge is -2.22. The first kappa shape index (κ1) is 32.5. The summed E-state index contributed by atoms with van der Waals surface area (Å²) < 4.78 is 29.5. The van der Waals surface area contributed by atoms with Crippen LogP contribution in [0, 0.1) is 13.8 Å². The van der Waals surface area contributed by atoms with Crippen LogP contribution in [-0.2, 0) is 27.4 Å². The number of nitrogens with one attached hydrogen (secondary N) is 1. The standard InChI is InChI=1S/C36H44N2O3S2/c1-10-38(23-31-19-20-32(42-31)26-11-15-28(16-12-26)35(4,5)6)34(39)27-13-17-30(18-14-27)37-43(40,41)33-22-29(36(7,8)9)21-24(2)25(33)3/h11-22,37H,10,23H2,1-9H3. The Bertz CT molecular complexity index is 1700. The average molecular weight is 617 g/mol. The van der Waals surface area contributed by atoms with Crippen LogP contribution in [0.1, 0.15) is 86.0 Å². The van der Waals surface area contributed by atoms with Gasteiger partial charge in [-0.05, 0) is 102 Å². The molecule has 228 valence electrons. The molecule has 43 heavy (non-hydrogen) atoms. The summed E-state index contributed by atoms with van der Waals surface area (Å²) in [6, 6.07) is 23.4. The van der Waals surface area contributed by atoms with Gasteiger partial charge in [0.2, 0.25) is 0 Å². The normalized spacial score (nSPS) is 12.3. The second kappa shape index (κ2) is 12.3. The van der Waals surface area contributed by atoms with Gasteiger partial charge in [-0.1, -0.05) is 71.9 Å². The summed E-state index contributed by atoms with van der Waals surface area (Å²) in [4.78, 5) is 17.8. The monoisotopic (exact) mass is 616 g/mol. The zero-order valence-corrected chi connectivity index (χ0v) is 28.5. The van der Waals surface area contributed by atoms with Gasteiger partial charge in [0, 0.05) is 27.5 Å². The number of amides is 1. The van der Waals surface area contributed by atoms with Crippen LogP contribution in [0.25, 0.3) is 10.4 Å². The number of aryl methyl sites for hydroxylation is 1. The maximum Gasteiger partial charge on any atom is 0.262 e. The molecule has 4 rings (SSSR count). The highest BCUT2D eigenvalue weighted by Crippen LogP contribution is 2.32. The molecule has 0 aliphatic heterocycles. The lowest BCUT2D eigenvalue weighted by Crippen LogP contribution is -2.30. The van der Waals surface area contributed by atoms with Crippen LogP contribution in [0.2, 0.25) is 0 Å². The molecule has 0 spiro atoms. The van der Waals surface area contributed by atoms with Gasteiger partial charge in [-0.3, -0.25) is 9.52 Å². The molecule has 1 heterocycles. The molecule has 1 aromatic heterocycles. The highest BCUT2D eigenvalue weighted by molar-refractivity contribution is 7.92. The van der Waals surface area contributed by atoms with Gasteiger partial charge in [0.25, 0.3) is 15.9 Å². The van der Waals surface area contributed by atoms with Crippen molar-refractivity contribution < 1.29 is 13.2 Å². The van der Waals surface area contributed by atoms with Crippen LogP contribution >= 0.6 is 11.3 Å². The second-order valence-electron chi connectivity index (χ2n) is 13.3. The Labute approximate surface area is 262 Å². The predicted octanol–water partition coefficient (Wildman–Crippen LogP) is 9.09. The van der Waals surface area contributed by atoms with E-state index in [4.69, 9.17) is 0 Å². The largest absolute Gasteiger partial charge is 0.334 e. The quantitative estimate of drug-likeness (QED) is 0.215. The number of anilines is 1. The molecule has 1 amide bonds. The Balaban J connectivity index is 1.47. The number of carbonyl (C=O) groups excluding carboxylic acids is 1. The zero-order valence-electron chi connectivity index (χ0n) is 26.8. The van der Waals surface area contributed by atoms with Crippen LogP contribution in [0.3, 0.4) is 0 Å². The van der Waals surface area contributed by atoms with E-state index in [1.165, 1.54) is 16.0 Å². The molecule has 0 radical (unpaired) electrons. The van der Waals surface area contributed by atoms with E-state index in [0.29, 0.717) is 24.3 Å². The number of sulfonamides is 1. The summed E-state index contributed by atoms with van der Waals surface area (Å²) in [5, 5.41) is 0. The Morgan fingerprint density at radius 2 is 1.42 bits per heavy atom. The van der Waals surface area contributed by atoms with Crippen molar-refractivity contribution >= 4 is 33.0 Å². The summed E-state index contributed by atoms with van der Waals surface area (Å²) in [7, 11) is -3.82. The first-order valence-corrected chi connectivity index (χ1v) is 17.0. The fourth-order valence-electron chi connectivity index (χ4n) is 4.88. The van der Waals surface area contributed by atoms with Crippen molar-refractivity contribution in [2.24, 2.45) is 0 Å². The van der Waals surface area contributed by atoms with Gasteiger partial charge >= 0.3 is 0 Å². The second-order valence-corrected chi connectivity index (χ2v) is 16.1. The summed E-state index contributed by atoms with van der Waals surface area (Å²) in [5.41, 5.74) is 5.96. The Morgan fingerprint density at radius 3 is 1.98 bits per heavy atom. The molecular weight excluding hydrogens is 573 g/mol. The third-order valence-electron chi connectivity index (χ3n) is 7.87. The number of nitrogens with zero attached hydrogens (tertiary/aromatic N) is 1. The molecule has 1 N–H and O–H groups in total. The van der Waals surface area contributed by atoms with Crippen molar-refractivity contribution in [1.82, 2.24) is 4.90 Å². The minimum Gasteiger partial charge on any atom is -0.334 e. The van der Waals surface area contributed by atoms with Crippen LogP contribution in [-0.4, -0.2) is 25.8 Å². The van der Waals surface area contributed by atoms with Crippen molar-refractivity contribution in [3.05, 3.63) is 105 Å². The highest BCUT2D eigenvalue weighted by Gasteiger charge is 2.24. The molecule has 0 aliphatic carbocycles. The smallest absolute Gasteiger partial charge is 0.262 e. The molecule has 5 nitrogen and oxygen atoms in total. The maximum absolute atomic E-state index is 13.4. The summed E-state index contributed by atoms with van der Waals surface area (Å²) >= 11 is 1.70. The number of benzene rings is 3. The lowest BCUT2D eigenvalue weighted by atomic mass is 9.85. The van der Waals surface area contributed by atoms with Gasteiger partial charge in [-0.25, -0.2) is 8.42 Å². The minimum absolute atomic E-state index is 0.0919. The highest BCUT2D eigenvalue weighted by atomic mass is 32.2. The van der Waals surface area contributed by atoms with Gasteiger partial charge in [-0.2, -0.15) is 0 Å². The van der Waals surface area contributed by atoms with E-state index in [0.717, 1.165) is 21.6 Å². The molecule has 0 fully saturated rings. The molecule has 0 unspecified atom stereocenters. The molecule has 0 bridgehead atoms. The molecule has 7 heteroatoms. The molecule has 0 atom stereocenters. The summed E-state index contributed by atoms with van der Waals surface area (Å²) in [5.74, 6) is -0.0919. The first-order valence-electron chi connectivity index (χ1n) is 14.7. The molecule has 4 aromatic rings. The summed E-state index contributed by atoms with van der Waals surface area (Å²) in [6.07, 6.45) is 0. The van der Waals surface area contributed by atoms with Crippen LogP contribution < -0.4 is 4.72 Å². The van der Waals surface area contributed by atoms with Gasteiger partial charge < -0.3 is 4.90 Å². The third kappa shape index (κ3) is 7.57. The zero-order chi connectivity index (χ0) is 31.7. The van der Waals surface area contributed by atoms with Crippen LogP contribution in [0.5, 0.6) is 0 Å². The molecular formula is C36H44N2O3S2. The van der Waals surface area contributed by atoms with Gasteiger partial charge in [0.1, 0.15) is 0 Å². The van der Waals surface area contributed by atoms with Gasteiger partial charge in [-0.15, -0.1) is 11.3 Å². The van der Waals surface area contributed by atoms with Crippen molar-refractivity contribution in [1.29, 1.82) is 0 Å². The summed E-state index contributed by atoms with van der Waals surface area (Å²) in [6.45, 7) is 19.6. The van der Waals surface area contributed by atoms with E-state index in [-0.39, 0.29) is 21.6 Å². The minimum atomic E-state index is -3.82. The third-order valence-corrected chi connectivity index (χ3v) is 10.5. The van der Waals surface area contributed by atoms with E-state index >= 15 is 0 Å². The van der Waals surface area contributed by atoms with Crippen molar-refractivity contribution in [2.45, 2.75) is 84.6 Å². The molecule has 0 saturated carbocycles. The Kier molecular flexibility index (Phi) is 9.29. The number of carbonyl (C=O) groups is 1. The van der Waals surface area contributed by atoms with Crippen LogP contribution in [0.15, 0.2) is 77.7 Å². The lowest BCUT2D eigenvalue weighted by molar-refractivity contribution is 0.0754. The topological polar surface area (TPSA) is 66.5 Å². The molecule has 0 aliphatic rings. The van der Waals surface area contributed by atoms with Gasteiger partial charge in [0.05, 0.1) is 11.4 Å². The number of hydrogen-bond donors (Lipinski definition) is 1. The Morgan fingerprint density at radius 1 is 0.814 bits per heavy atom. The van der Waals surface area contributed by atoms with Crippen molar-refractivity contribution in [3.63, 3.8) is 0 Å². The maximum atomic E-state index is 13.4. The molecule has 3 aromatic carbocycles. The van der Waals surface area contributed by atoms with E-state index < -0.39 is 10.0 Å². The van der Waals surface area contributed by atoms with Crippen LogP contribution in [0.4, 0.5) is 5.69 Å². The fraction of sp³-hybridized carbons (Fsp3) is 0.361. The molecule has 0 saturated heterocycles. The Hall–Kier alpha value is -3.42. The number of hydrogen-bond acceptors (Lipinski definition) is 4. The number of rotatable bonds is 8. The first-order chi connectivity index (χ1) is 20.0. The van der Waals surface area contributed by atoms with E-state index in [9.17, 15) is 13.2 Å². The fourth-order valence-corrected chi connectivity index (χ4v) is 7.31. The van der Waals surface area contributed by atoms with E-state index in [2.05, 4.69) is 88.7 Å². The predicted molar refractivity (Wildman–Crippen MR) is 181 cm³/mol. The van der Waals surface area contributed by atoms with E-state index in [1.807, 2.05) is 25.7 Å². The number of thiophene rings is 1. The van der Waals surface area contributed by atoms with Crippen molar-refractivity contribution in [2.75, 3.05) is 11.3 Å². The average Bonchev–Trinajstić information content (AvgIpc) is 3.40. The van der Waals surface area contributed by atoms with E-state index in [1.54, 1.807) is 41.7 Å². The van der Waals surface area contributed by atoms with Gasteiger partial charge in [0.15, 0.2) is 0 Å². The van der Waals surface area contributed by atoms with Crippen molar-refractivity contribution in [3.8, 4) is 10.4 Å².